The molecule has 2 bridgehead atoms. The zero-order valence-corrected chi connectivity index (χ0v) is 21.8. The first-order valence-electron chi connectivity index (χ1n) is 13.9. The number of amides is 1. The first-order valence-corrected chi connectivity index (χ1v) is 13.9. The minimum atomic E-state index is 0.000236. The number of H-pyrrole nitrogens is 1. The van der Waals surface area contributed by atoms with Gasteiger partial charge in [0, 0.05) is 43.1 Å². The molecule has 7 rings (SSSR count). The zero-order chi connectivity index (χ0) is 26.2. The van der Waals surface area contributed by atoms with Gasteiger partial charge in [-0.25, -0.2) is 0 Å². The lowest BCUT2D eigenvalue weighted by molar-refractivity contribution is -0.116. The average Bonchev–Trinajstić information content (AvgIpc) is 3.65. The summed E-state index contributed by atoms with van der Waals surface area (Å²) in [5, 5.41) is 11.8. The summed E-state index contributed by atoms with van der Waals surface area (Å²) in [5.41, 5.74) is 7.27. The topological polar surface area (TPSA) is 70.2 Å². The van der Waals surface area contributed by atoms with Crippen molar-refractivity contribution >= 4 is 35.0 Å². The van der Waals surface area contributed by atoms with Crippen molar-refractivity contribution in [2.24, 2.45) is 0 Å². The number of fused-ring (bicyclic) bond motifs is 3. The monoisotopic (exact) mass is 516 g/mol. The third-order valence-electron chi connectivity index (χ3n) is 8.18. The number of carbonyl (C=O) groups is 1. The van der Waals surface area contributed by atoms with Crippen molar-refractivity contribution in [1.29, 1.82) is 0 Å². The van der Waals surface area contributed by atoms with Crippen LogP contribution in [0.4, 0.5) is 0 Å². The van der Waals surface area contributed by atoms with Crippen molar-refractivity contribution in [3.8, 4) is 0 Å². The molecule has 0 saturated carbocycles. The van der Waals surface area contributed by atoms with Gasteiger partial charge in [0.25, 0.3) is 0 Å². The Morgan fingerprint density at radius 3 is 2.49 bits per heavy atom. The molecule has 3 fully saturated rings. The molecule has 3 atom stereocenters. The molecule has 4 heterocycles. The van der Waals surface area contributed by atoms with Crippen molar-refractivity contribution in [2.45, 2.75) is 37.5 Å². The van der Waals surface area contributed by atoms with Gasteiger partial charge in [-0.2, -0.15) is 5.10 Å². The molecule has 196 valence electrons. The van der Waals surface area contributed by atoms with E-state index in [2.05, 4.69) is 87.2 Å². The minimum absolute atomic E-state index is 0.000236. The molecule has 0 spiro atoms. The molecule has 3 aliphatic rings. The van der Waals surface area contributed by atoms with Crippen LogP contribution in [0.15, 0.2) is 78.4 Å². The second-order valence-electron chi connectivity index (χ2n) is 10.9. The summed E-state index contributed by atoms with van der Waals surface area (Å²) in [6.45, 7) is 3.70. The third kappa shape index (κ3) is 5.05. The Labute approximate surface area is 228 Å². The van der Waals surface area contributed by atoms with Gasteiger partial charge in [-0.3, -0.25) is 14.8 Å². The van der Waals surface area contributed by atoms with Crippen molar-refractivity contribution in [3.05, 3.63) is 106 Å². The average molecular weight is 517 g/mol. The van der Waals surface area contributed by atoms with Crippen LogP contribution in [0.25, 0.3) is 29.1 Å². The Morgan fingerprint density at radius 1 is 0.923 bits per heavy atom. The molecular weight excluding hydrogens is 484 g/mol. The van der Waals surface area contributed by atoms with E-state index < -0.39 is 0 Å². The SMILES string of the molecule is O=C1NCC(c2ccccc2)C1=Cc1ccc2c(/C=C/c3ccc(CN4CC5CCC(C4)O5)cc3)n[nH]c2c1. The quantitative estimate of drug-likeness (QED) is 0.337. The van der Waals surface area contributed by atoms with E-state index in [4.69, 9.17) is 4.74 Å². The predicted molar refractivity (Wildman–Crippen MR) is 155 cm³/mol. The molecule has 6 nitrogen and oxygen atoms in total. The van der Waals surface area contributed by atoms with E-state index in [-0.39, 0.29) is 11.8 Å². The molecule has 3 saturated heterocycles. The number of nitrogens with zero attached hydrogens (tertiary/aromatic N) is 2. The van der Waals surface area contributed by atoms with E-state index in [9.17, 15) is 4.79 Å². The largest absolute Gasteiger partial charge is 0.372 e. The molecule has 2 N–H and O–H groups in total. The van der Waals surface area contributed by atoms with E-state index in [1.54, 1.807) is 0 Å². The summed E-state index contributed by atoms with van der Waals surface area (Å²) in [4.78, 5) is 15.1. The van der Waals surface area contributed by atoms with Crippen LogP contribution in [-0.4, -0.2) is 52.8 Å². The number of carbonyl (C=O) groups excluding carboxylic acids is 1. The van der Waals surface area contributed by atoms with Crippen molar-refractivity contribution in [2.75, 3.05) is 19.6 Å². The van der Waals surface area contributed by atoms with Crippen molar-refractivity contribution < 1.29 is 9.53 Å². The molecular formula is C33H32N4O2. The van der Waals surface area contributed by atoms with Crippen molar-refractivity contribution in [1.82, 2.24) is 20.4 Å². The van der Waals surface area contributed by atoms with Crippen LogP contribution in [0.2, 0.25) is 0 Å². The number of rotatable bonds is 6. The lowest BCUT2D eigenvalue weighted by atomic mass is 9.92. The highest BCUT2D eigenvalue weighted by atomic mass is 16.5. The molecule has 1 amide bonds. The molecule has 39 heavy (non-hydrogen) atoms. The summed E-state index contributed by atoms with van der Waals surface area (Å²) in [6, 6.07) is 25.2. The second kappa shape index (κ2) is 10.3. The number of nitrogens with one attached hydrogen (secondary N) is 2. The maximum Gasteiger partial charge on any atom is 0.247 e. The van der Waals surface area contributed by atoms with E-state index in [0.717, 1.165) is 58.5 Å². The normalized spacial score (nSPS) is 24.3. The van der Waals surface area contributed by atoms with Gasteiger partial charge in [0.2, 0.25) is 5.91 Å². The highest BCUT2D eigenvalue weighted by Gasteiger charge is 2.33. The van der Waals surface area contributed by atoms with Gasteiger partial charge in [0.15, 0.2) is 0 Å². The Kier molecular flexibility index (Phi) is 6.35. The summed E-state index contributed by atoms with van der Waals surface area (Å²) < 4.78 is 5.97. The van der Waals surface area contributed by atoms with E-state index in [1.165, 1.54) is 18.4 Å². The fourth-order valence-electron chi connectivity index (χ4n) is 6.16. The maximum atomic E-state index is 12.6. The number of benzene rings is 3. The molecule has 1 aromatic heterocycles. The fraction of sp³-hybridized carbons (Fsp3) is 0.273. The highest BCUT2D eigenvalue weighted by molar-refractivity contribution is 6.02. The van der Waals surface area contributed by atoms with Crippen LogP contribution in [0.3, 0.4) is 0 Å². The van der Waals surface area contributed by atoms with Gasteiger partial charge in [-0.05, 0) is 59.4 Å². The zero-order valence-electron chi connectivity index (χ0n) is 21.8. The minimum Gasteiger partial charge on any atom is -0.372 e. The number of aromatic amines is 1. The van der Waals surface area contributed by atoms with Crippen LogP contribution in [-0.2, 0) is 16.1 Å². The van der Waals surface area contributed by atoms with Gasteiger partial charge in [0.05, 0.1) is 23.4 Å². The molecule has 3 aliphatic heterocycles. The standard InChI is InChI=1S/C33H32N4O2/c38-33-29(30(18-34-33)25-4-2-1-3-5-25)16-24-10-14-28-31(35-36-32(28)17-24)15-11-22-6-8-23(9-7-22)19-37-20-26-12-13-27(21-37)39-26/h1-11,14-17,26-27,30H,12-13,18-21H2,(H,34,38)(H,35,36)/b15-11+,29-16?. The van der Waals surface area contributed by atoms with Gasteiger partial charge >= 0.3 is 0 Å². The number of likely N-dealkylation sites (tertiary alicyclic amines) is 1. The van der Waals surface area contributed by atoms with E-state index >= 15 is 0 Å². The molecule has 0 radical (unpaired) electrons. The lowest BCUT2D eigenvalue weighted by Crippen LogP contribution is -2.41. The van der Waals surface area contributed by atoms with Crippen LogP contribution in [0.1, 0.15) is 46.7 Å². The predicted octanol–water partition coefficient (Wildman–Crippen LogP) is 5.39. The summed E-state index contributed by atoms with van der Waals surface area (Å²) in [5.74, 6) is 0.0604. The van der Waals surface area contributed by atoms with Crippen LogP contribution < -0.4 is 5.32 Å². The summed E-state index contributed by atoms with van der Waals surface area (Å²) in [7, 11) is 0. The van der Waals surface area contributed by atoms with E-state index in [1.807, 2.05) is 24.3 Å². The maximum absolute atomic E-state index is 12.6. The smallest absolute Gasteiger partial charge is 0.247 e. The molecule has 0 aliphatic carbocycles. The molecule has 4 aromatic rings. The first-order chi connectivity index (χ1) is 19.2. The number of morpholine rings is 1. The Hall–Kier alpha value is -4.00. The lowest BCUT2D eigenvalue weighted by Gasteiger charge is -2.32. The van der Waals surface area contributed by atoms with Crippen LogP contribution >= 0.6 is 0 Å². The molecule has 3 aromatic carbocycles. The second-order valence-corrected chi connectivity index (χ2v) is 10.9. The number of aromatic nitrogens is 2. The van der Waals surface area contributed by atoms with Gasteiger partial charge in [-0.15, -0.1) is 0 Å². The van der Waals surface area contributed by atoms with Gasteiger partial charge in [0.1, 0.15) is 0 Å². The van der Waals surface area contributed by atoms with E-state index in [0.29, 0.717) is 18.8 Å². The molecule has 3 unspecified atom stereocenters. The van der Waals surface area contributed by atoms with Crippen LogP contribution in [0, 0.1) is 0 Å². The number of ether oxygens (including phenoxy) is 1. The Balaban J connectivity index is 1.05. The van der Waals surface area contributed by atoms with Gasteiger partial charge in [-0.1, -0.05) is 66.7 Å². The summed E-state index contributed by atoms with van der Waals surface area (Å²) in [6.07, 6.45) is 9.43. The molecule has 6 heteroatoms. The number of hydrogen-bond donors (Lipinski definition) is 2. The van der Waals surface area contributed by atoms with Crippen molar-refractivity contribution in [3.63, 3.8) is 0 Å². The van der Waals surface area contributed by atoms with Crippen LogP contribution in [0.5, 0.6) is 0 Å². The first kappa shape index (κ1) is 24.1. The fourth-order valence-corrected chi connectivity index (χ4v) is 6.16. The Bertz CT molecular complexity index is 1540. The highest BCUT2D eigenvalue weighted by Crippen LogP contribution is 2.31. The third-order valence-corrected chi connectivity index (χ3v) is 8.18. The van der Waals surface area contributed by atoms with Gasteiger partial charge < -0.3 is 10.1 Å². The Morgan fingerprint density at radius 2 is 1.69 bits per heavy atom. The number of hydrogen-bond acceptors (Lipinski definition) is 4. The summed E-state index contributed by atoms with van der Waals surface area (Å²) >= 11 is 0.